The predicted molar refractivity (Wildman–Crippen MR) is 80.8 cm³/mol. The van der Waals surface area contributed by atoms with Crippen LogP contribution >= 0.6 is 0 Å². The Bertz CT molecular complexity index is 580. The van der Waals surface area contributed by atoms with Crippen molar-refractivity contribution in [2.45, 2.75) is 45.8 Å². The molecule has 1 saturated heterocycles. The third-order valence-corrected chi connectivity index (χ3v) is 3.78. The summed E-state index contributed by atoms with van der Waals surface area (Å²) in [4.78, 5) is 26.0. The minimum atomic E-state index is -0.516. The second-order valence-electron chi connectivity index (χ2n) is 6.02. The van der Waals surface area contributed by atoms with Gasteiger partial charge in [-0.05, 0) is 20.8 Å². The van der Waals surface area contributed by atoms with E-state index in [4.69, 9.17) is 4.74 Å². The highest BCUT2D eigenvalue weighted by Crippen LogP contribution is 2.21. The van der Waals surface area contributed by atoms with Gasteiger partial charge >= 0.3 is 0 Å². The fraction of sp³-hybridized carbons (Fsp3) is 0.667. The van der Waals surface area contributed by atoms with Gasteiger partial charge in [-0.15, -0.1) is 0 Å². The first-order chi connectivity index (χ1) is 9.84. The van der Waals surface area contributed by atoms with Crippen LogP contribution in [0.4, 0.5) is 5.69 Å². The number of ketones is 1. The molecule has 1 aromatic heterocycles. The van der Waals surface area contributed by atoms with Gasteiger partial charge in [0.25, 0.3) is 5.56 Å². The third kappa shape index (κ3) is 3.50. The maximum atomic E-state index is 12.2. The molecule has 1 fully saturated rings. The summed E-state index contributed by atoms with van der Waals surface area (Å²) in [5, 5.41) is 4.17. The van der Waals surface area contributed by atoms with E-state index in [0.29, 0.717) is 19.6 Å². The Morgan fingerprint density at radius 1 is 1.52 bits per heavy atom. The lowest BCUT2D eigenvalue weighted by atomic mass is 10.1. The Hall–Kier alpha value is -1.69. The van der Waals surface area contributed by atoms with Crippen molar-refractivity contribution in [2.24, 2.45) is 0 Å². The van der Waals surface area contributed by atoms with Crippen LogP contribution < -0.4 is 10.5 Å². The molecule has 1 aliphatic heterocycles. The summed E-state index contributed by atoms with van der Waals surface area (Å²) in [5.41, 5.74) is 0.299. The van der Waals surface area contributed by atoms with Crippen LogP contribution in [0, 0.1) is 0 Å². The van der Waals surface area contributed by atoms with Crippen LogP contribution in [0.3, 0.4) is 0 Å². The highest BCUT2D eigenvalue weighted by Gasteiger charge is 2.28. The standard InChI is InChI=1S/C15H23N3O3/c1-5-13(19)11(2)18-14(20)8-12(9-16-18)17-6-7-21-15(3,4)10-17/h8-9,11H,5-7,10H2,1-4H3. The van der Waals surface area contributed by atoms with Gasteiger partial charge in [0.1, 0.15) is 6.04 Å². The molecule has 6 heteroatoms. The fourth-order valence-corrected chi connectivity index (χ4v) is 2.54. The van der Waals surface area contributed by atoms with Crippen LogP contribution in [0.25, 0.3) is 0 Å². The van der Waals surface area contributed by atoms with Crippen molar-refractivity contribution in [3.63, 3.8) is 0 Å². The number of anilines is 1. The quantitative estimate of drug-likeness (QED) is 0.839. The monoisotopic (exact) mass is 293 g/mol. The summed E-state index contributed by atoms with van der Waals surface area (Å²) < 4.78 is 6.92. The predicted octanol–water partition coefficient (Wildman–Crippen LogP) is 1.40. The van der Waals surface area contributed by atoms with Crippen molar-refractivity contribution in [2.75, 3.05) is 24.6 Å². The molecule has 2 heterocycles. The Morgan fingerprint density at radius 2 is 2.24 bits per heavy atom. The second-order valence-corrected chi connectivity index (χ2v) is 6.02. The molecule has 1 aliphatic rings. The second kappa shape index (κ2) is 5.97. The number of morpholine rings is 1. The molecule has 0 radical (unpaired) electrons. The molecule has 116 valence electrons. The highest BCUT2D eigenvalue weighted by atomic mass is 16.5. The lowest BCUT2D eigenvalue weighted by molar-refractivity contribution is -0.121. The van der Waals surface area contributed by atoms with Crippen molar-refractivity contribution >= 4 is 11.5 Å². The molecule has 0 aliphatic carbocycles. The molecule has 2 rings (SSSR count). The average Bonchev–Trinajstić information content (AvgIpc) is 2.44. The van der Waals surface area contributed by atoms with Crippen LogP contribution in [-0.2, 0) is 9.53 Å². The van der Waals surface area contributed by atoms with Crippen molar-refractivity contribution in [3.8, 4) is 0 Å². The van der Waals surface area contributed by atoms with Crippen LogP contribution in [0.5, 0.6) is 0 Å². The van der Waals surface area contributed by atoms with Gasteiger partial charge in [0, 0.05) is 25.6 Å². The molecule has 1 atom stereocenters. The minimum Gasteiger partial charge on any atom is -0.372 e. The van der Waals surface area contributed by atoms with E-state index in [-0.39, 0.29) is 16.9 Å². The molecule has 0 spiro atoms. The zero-order chi connectivity index (χ0) is 15.6. The van der Waals surface area contributed by atoms with Crippen LogP contribution in [0.2, 0.25) is 0 Å². The molecule has 0 bridgehead atoms. The van der Waals surface area contributed by atoms with Crippen LogP contribution in [0.15, 0.2) is 17.1 Å². The van der Waals surface area contributed by atoms with Crippen molar-refractivity contribution in [1.82, 2.24) is 9.78 Å². The molecule has 0 saturated carbocycles. The largest absolute Gasteiger partial charge is 0.372 e. The molecule has 0 N–H and O–H groups in total. The minimum absolute atomic E-state index is 0.00450. The van der Waals surface area contributed by atoms with Gasteiger partial charge in [0.05, 0.1) is 24.1 Å². The van der Waals surface area contributed by atoms with Crippen molar-refractivity contribution in [3.05, 3.63) is 22.6 Å². The first kappa shape index (κ1) is 15.7. The van der Waals surface area contributed by atoms with Crippen LogP contribution in [0.1, 0.15) is 40.2 Å². The van der Waals surface area contributed by atoms with E-state index in [1.165, 1.54) is 4.68 Å². The number of hydrogen-bond donors (Lipinski definition) is 0. The number of hydrogen-bond acceptors (Lipinski definition) is 5. The SMILES string of the molecule is CCC(=O)C(C)n1ncc(N2CCOC(C)(C)C2)cc1=O. The zero-order valence-electron chi connectivity index (χ0n) is 13.1. The summed E-state index contributed by atoms with van der Waals surface area (Å²) in [6.45, 7) is 9.61. The summed E-state index contributed by atoms with van der Waals surface area (Å²) in [5.74, 6) is 0.00450. The summed E-state index contributed by atoms with van der Waals surface area (Å²) >= 11 is 0. The van der Waals surface area contributed by atoms with E-state index < -0.39 is 6.04 Å². The number of carbonyl (C=O) groups excluding carboxylic acids is 1. The van der Waals surface area contributed by atoms with Gasteiger partial charge in [0.2, 0.25) is 0 Å². The van der Waals surface area contributed by atoms with Crippen molar-refractivity contribution < 1.29 is 9.53 Å². The van der Waals surface area contributed by atoms with E-state index in [1.54, 1.807) is 26.1 Å². The Morgan fingerprint density at radius 3 is 2.81 bits per heavy atom. The number of nitrogens with zero attached hydrogens (tertiary/aromatic N) is 3. The molecular weight excluding hydrogens is 270 g/mol. The van der Waals surface area contributed by atoms with Gasteiger partial charge in [-0.3, -0.25) is 9.59 Å². The van der Waals surface area contributed by atoms with Crippen LogP contribution in [-0.4, -0.2) is 40.9 Å². The maximum Gasteiger partial charge on any atom is 0.269 e. The van der Waals surface area contributed by atoms with E-state index in [0.717, 1.165) is 12.2 Å². The number of Topliss-reactive ketones (excluding diaryl/α,β-unsaturated/α-hetero) is 1. The highest BCUT2D eigenvalue weighted by molar-refractivity contribution is 5.81. The summed E-state index contributed by atoms with van der Waals surface area (Å²) in [7, 11) is 0. The van der Waals surface area contributed by atoms with Crippen molar-refractivity contribution in [1.29, 1.82) is 0 Å². The molecule has 1 aromatic rings. The topological polar surface area (TPSA) is 64.4 Å². The Labute approximate surface area is 124 Å². The normalized spacial score (nSPS) is 19.3. The van der Waals surface area contributed by atoms with Gasteiger partial charge < -0.3 is 9.64 Å². The fourth-order valence-electron chi connectivity index (χ4n) is 2.54. The zero-order valence-corrected chi connectivity index (χ0v) is 13.1. The first-order valence-corrected chi connectivity index (χ1v) is 7.34. The first-order valence-electron chi connectivity index (χ1n) is 7.34. The van der Waals surface area contributed by atoms with E-state index >= 15 is 0 Å². The molecule has 0 amide bonds. The molecular formula is C15H23N3O3. The van der Waals surface area contributed by atoms with E-state index in [9.17, 15) is 9.59 Å². The smallest absolute Gasteiger partial charge is 0.269 e. The summed E-state index contributed by atoms with van der Waals surface area (Å²) in [6.07, 6.45) is 2.05. The van der Waals surface area contributed by atoms with E-state index in [1.807, 2.05) is 13.8 Å². The lowest BCUT2D eigenvalue weighted by Gasteiger charge is -2.39. The van der Waals surface area contributed by atoms with Gasteiger partial charge in [-0.25, -0.2) is 4.68 Å². The molecule has 0 aromatic carbocycles. The molecule has 1 unspecified atom stereocenters. The number of aromatic nitrogens is 2. The molecule has 21 heavy (non-hydrogen) atoms. The average molecular weight is 293 g/mol. The number of carbonyl (C=O) groups is 1. The lowest BCUT2D eigenvalue weighted by Crippen LogP contribution is -2.48. The Balaban J connectivity index is 2.23. The maximum absolute atomic E-state index is 12.2. The van der Waals surface area contributed by atoms with E-state index in [2.05, 4.69) is 10.00 Å². The van der Waals surface area contributed by atoms with Gasteiger partial charge in [-0.1, -0.05) is 6.92 Å². The third-order valence-electron chi connectivity index (χ3n) is 3.78. The summed E-state index contributed by atoms with van der Waals surface area (Å²) in [6, 6.07) is 1.03. The number of ether oxygens (including phenoxy) is 1. The number of rotatable bonds is 4. The Kier molecular flexibility index (Phi) is 4.46. The van der Waals surface area contributed by atoms with Gasteiger partial charge in [0.15, 0.2) is 5.78 Å². The molecule has 6 nitrogen and oxygen atoms in total. The van der Waals surface area contributed by atoms with Gasteiger partial charge in [-0.2, -0.15) is 5.10 Å².